The molecule has 1 aliphatic heterocycles. The lowest BCUT2D eigenvalue weighted by atomic mass is 10.1. The summed E-state index contributed by atoms with van der Waals surface area (Å²) in [5, 5.41) is 4.16. The van der Waals surface area contributed by atoms with E-state index in [1.807, 2.05) is 24.3 Å². The molecule has 7 heteroatoms. The van der Waals surface area contributed by atoms with Crippen LogP contribution < -0.4 is 10.1 Å². The first-order valence-corrected chi connectivity index (χ1v) is 10.3. The highest BCUT2D eigenvalue weighted by molar-refractivity contribution is 7.98. The van der Waals surface area contributed by atoms with Crippen LogP contribution in [0.2, 0.25) is 10.0 Å². The summed E-state index contributed by atoms with van der Waals surface area (Å²) in [4.78, 5) is 15.7. The molecule has 0 saturated heterocycles. The maximum Gasteiger partial charge on any atom is 0.265 e. The quantitative estimate of drug-likeness (QED) is 0.518. The normalized spacial score (nSPS) is 12.3. The van der Waals surface area contributed by atoms with Gasteiger partial charge in [-0.1, -0.05) is 29.3 Å². The molecule has 0 fully saturated rings. The van der Waals surface area contributed by atoms with Crippen molar-refractivity contribution in [2.75, 3.05) is 12.4 Å². The molecule has 3 aromatic rings. The van der Waals surface area contributed by atoms with Gasteiger partial charge in [-0.15, -0.1) is 23.1 Å². The molecule has 4 rings (SSSR count). The van der Waals surface area contributed by atoms with Gasteiger partial charge in [-0.25, -0.2) is 0 Å². The van der Waals surface area contributed by atoms with Gasteiger partial charge in [-0.2, -0.15) is 0 Å². The zero-order valence-electron chi connectivity index (χ0n) is 13.6. The Morgan fingerprint density at radius 2 is 1.88 bits per heavy atom. The molecule has 1 amide bonds. The molecule has 0 bridgehead atoms. The zero-order valence-corrected chi connectivity index (χ0v) is 16.8. The lowest BCUT2D eigenvalue weighted by Crippen LogP contribution is -2.11. The molecule has 0 atom stereocenters. The summed E-state index contributed by atoms with van der Waals surface area (Å²) in [6, 6.07) is 13.0. The van der Waals surface area contributed by atoms with Gasteiger partial charge in [0.2, 0.25) is 0 Å². The van der Waals surface area contributed by atoms with E-state index in [4.69, 9.17) is 27.9 Å². The van der Waals surface area contributed by atoms with E-state index in [-0.39, 0.29) is 5.91 Å². The number of halogens is 2. The fourth-order valence-electron chi connectivity index (χ4n) is 2.80. The van der Waals surface area contributed by atoms with Crippen molar-refractivity contribution in [1.29, 1.82) is 0 Å². The molecule has 132 valence electrons. The van der Waals surface area contributed by atoms with Gasteiger partial charge < -0.3 is 10.1 Å². The molecule has 1 aromatic heterocycles. The third-order valence-electron chi connectivity index (χ3n) is 4.01. The van der Waals surface area contributed by atoms with Gasteiger partial charge in [0.1, 0.15) is 5.75 Å². The number of methoxy groups -OCH3 is 1. The van der Waals surface area contributed by atoms with Gasteiger partial charge in [0.25, 0.3) is 5.91 Å². The van der Waals surface area contributed by atoms with E-state index in [0.29, 0.717) is 21.3 Å². The van der Waals surface area contributed by atoms with Crippen molar-refractivity contribution in [3.63, 3.8) is 0 Å². The predicted molar refractivity (Wildman–Crippen MR) is 110 cm³/mol. The molecule has 0 unspecified atom stereocenters. The lowest BCUT2D eigenvalue weighted by Gasteiger charge is -2.15. The van der Waals surface area contributed by atoms with E-state index in [1.54, 1.807) is 37.1 Å². The number of thioether (sulfide) groups is 1. The number of anilines is 1. The number of hydrogen-bond acceptors (Lipinski definition) is 4. The summed E-state index contributed by atoms with van der Waals surface area (Å²) in [5.74, 6) is 1.22. The van der Waals surface area contributed by atoms with Crippen LogP contribution in [0.5, 0.6) is 5.75 Å². The molecule has 0 aliphatic carbocycles. The van der Waals surface area contributed by atoms with Crippen molar-refractivity contribution in [3.05, 3.63) is 63.0 Å². The summed E-state index contributed by atoms with van der Waals surface area (Å²) >= 11 is 15.4. The SMILES string of the molecule is COc1ccc(Cl)cc1NC(=O)c1cc2c(s1)-c1ccc(Cl)cc1SC2. The monoisotopic (exact) mass is 421 g/mol. The van der Waals surface area contributed by atoms with E-state index < -0.39 is 0 Å². The van der Waals surface area contributed by atoms with Crippen molar-refractivity contribution < 1.29 is 9.53 Å². The van der Waals surface area contributed by atoms with Gasteiger partial charge in [-0.05, 0) is 42.0 Å². The molecular formula is C19H13Cl2NO2S2. The van der Waals surface area contributed by atoms with E-state index in [2.05, 4.69) is 5.32 Å². The third kappa shape index (κ3) is 3.32. The van der Waals surface area contributed by atoms with Crippen LogP contribution in [0, 0.1) is 0 Å². The fourth-order valence-corrected chi connectivity index (χ4v) is 5.55. The van der Waals surface area contributed by atoms with Crippen LogP contribution in [0.15, 0.2) is 47.4 Å². The molecule has 1 aliphatic rings. The van der Waals surface area contributed by atoms with Gasteiger partial charge in [0.05, 0.1) is 17.7 Å². The lowest BCUT2D eigenvalue weighted by molar-refractivity contribution is 0.103. The topological polar surface area (TPSA) is 38.3 Å². The second-order valence-electron chi connectivity index (χ2n) is 5.69. The Morgan fingerprint density at radius 3 is 2.69 bits per heavy atom. The molecule has 1 N–H and O–H groups in total. The summed E-state index contributed by atoms with van der Waals surface area (Å²) < 4.78 is 5.29. The minimum atomic E-state index is -0.175. The summed E-state index contributed by atoms with van der Waals surface area (Å²) in [6.07, 6.45) is 0. The second kappa shape index (κ2) is 7.16. The second-order valence-corrected chi connectivity index (χ2v) is 8.64. The number of ether oxygens (including phenoxy) is 1. The highest BCUT2D eigenvalue weighted by atomic mass is 35.5. The van der Waals surface area contributed by atoms with Crippen LogP contribution in [0.3, 0.4) is 0 Å². The van der Waals surface area contributed by atoms with Crippen LogP contribution >= 0.6 is 46.3 Å². The zero-order chi connectivity index (χ0) is 18.3. The highest BCUT2D eigenvalue weighted by Gasteiger charge is 2.22. The van der Waals surface area contributed by atoms with E-state index in [1.165, 1.54) is 11.3 Å². The van der Waals surface area contributed by atoms with Crippen molar-refractivity contribution in [3.8, 4) is 16.2 Å². The third-order valence-corrected chi connectivity index (χ3v) is 6.80. The minimum Gasteiger partial charge on any atom is -0.495 e. The number of carbonyl (C=O) groups excluding carboxylic acids is 1. The molecule has 3 nitrogen and oxygen atoms in total. The van der Waals surface area contributed by atoms with Crippen molar-refractivity contribution in [2.24, 2.45) is 0 Å². The number of carbonyl (C=O) groups is 1. The van der Waals surface area contributed by atoms with Gasteiger partial charge >= 0.3 is 0 Å². The van der Waals surface area contributed by atoms with Crippen molar-refractivity contribution in [1.82, 2.24) is 0 Å². The first-order valence-electron chi connectivity index (χ1n) is 7.75. The summed E-state index contributed by atoms with van der Waals surface area (Å²) in [7, 11) is 1.56. The Balaban J connectivity index is 1.65. The van der Waals surface area contributed by atoms with Crippen LogP contribution in [-0.4, -0.2) is 13.0 Å². The largest absolute Gasteiger partial charge is 0.495 e. The Hall–Kier alpha value is -1.66. The van der Waals surface area contributed by atoms with Crippen LogP contribution in [0.25, 0.3) is 10.4 Å². The number of benzene rings is 2. The Morgan fingerprint density at radius 1 is 1.12 bits per heavy atom. The fraction of sp³-hybridized carbons (Fsp3) is 0.105. The van der Waals surface area contributed by atoms with E-state index in [0.717, 1.165) is 31.7 Å². The summed E-state index contributed by atoms with van der Waals surface area (Å²) in [5.41, 5.74) is 2.85. The number of fused-ring (bicyclic) bond motifs is 3. The molecule has 2 heterocycles. The molecule has 0 spiro atoms. The molecule has 2 aromatic carbocycles. The Bertz CT molecular complexity index is 1020. The van der Waals surface area contributed by atoms with E-state index >= 15 is 0 Å². The number of thiophene rings is 1. The first-order chi connectivity index (χ1) is 12.5. The van der Waals surface area contributed by atoms with Crippen molar-refractivity contribution in [2.45, 2.75) is 10.6 Å². The van der Waals surface area contributed by atoms with E-state index in [9.17, 15) is 4.79 Å². The predicted octanol–water partition coefficient (Wildman–Crippen LogP) is 6.59. The molecule has 0 radical (unpaired) electrons. The molecular weight excluding hydrogens is 409 g/mol. The van der Waals surface area contributed by atoms with Crippen LogP contribution in [-0.2, 0) is 5.75 Å². The number of amides is 1. The first kappa shape index (κ1) is 17.7. The highest BCUT2D eigenvalue weighted by Crippen LogP contribution is 2.46. The Labute approximate surface area is 169 Å². The van der Waals surface area contributed by atoms with Gasteiger partial charge in [0.15, 0.2) is 0 Å². The minimum absolute atomic E-state index is 0.175. The van der Waals surface area contributed by atoms with Gasteiger partial charge in [0, 0.05) is 31.1 Å². The smallest absolute Gasteiger partial charge is 0.265 e. The average Bonchev–Trinajstić information content (AvgIpc) is 3.06. The summed E-state index contributed by atoms with van der Waals surface area (Å²) in [6.45, 7) is 0. The number of nitrogens with one attached hydrogen (secondary N) is 1. The molecule has 0 saturated carbocycles. The maximum atomic E-state index is 12.8. The van der Waals surface area contributed by atoms with Crippen LogP contribution in [0.1, 0.15) is 15.2 Å². The Kier molecular flexibility index (Phi) is 4.88. The maximum absolute atomic E-state index is 12.8. The van der Waals surface area contributed by atoms with Crippen molar-refractivity contribution >= 4 is 57.9 Å². The standard InChI is InChI=1S/C19H13Cl2NO2S2/c1-24-15-5-3-11(20)7-14(15)22-19(23)17-6-10-9-25-16-8-12(21)2-4-13(16)18(10)26-17/h2-8H,9H2,1H3,(H,22,23). The molecule has 26 heavy (non-hydrogen) atoms. The average molecular weight is 422 g/mol. The number of rotatable bonds is 3. The van der Waals surface area contributed by atoms with Gasteiger partial charge in [-0.3, -0.25) is 4.79 Å². The van der Waals surface area contributed by atoms with Crippen LogP contribution in [0.4, 0.5) is 5.69 Å². The number of hydrogen-bond donors (Lipinski definition) is 1.